The van der Waals surface area contributed by atoms with Gasteiger partial charge < -0.3 is 23.9 Å². The van der Waals surface area contributed by atoms with Gasteiger partial charge in [-0.15, -0.1) is 0 Å². The average Bonchev–Trinajstić information content (AvgIpc) is 3.42. The summed E-state index contributed by atoms with van der Waals surface area (Å²) in [5.41, 5.74) is 0. The molecule has 3 saturated heterocycles. The number of nitrogens with zero attached hydrogens (tertiary/aromatic N) is 2. The number of hydrogen-bond acceptors (Lipinski definition) is 6. The highest BCUT2D eigenvalue weighted by Gasteiger charge is 2.45. The molecule has 3 aliphatic rings. The van der Waals surface area contributed by atoms with Crippen molar-refractivity contribution in [1.29, 1.82) is 0 Å². The number of fused-ring (bicyclic) bond motifs is 1. The van der Waals surface area contributed by atoms with Crippen LogP contribution >= 0.6 is 0 Å². The number of piperidine rings is 1. The van der Waals surface area contributed by atoms with Gasteiger partial charge in [-0.3, -0.25) is 9.69 Å². The SMILES string of the molecule is CCc1ccc(CN2C[C@H]3OCC[C@H]3[C@H](C(=O)N3CCOCC3)C2)o1.O=C(O)C(F)(F)F. The third-order valence-corrected chi connectivity index (χ3v) is 6.00. The molecule has 11 heteroatoms. The molecule has 1 aromatic heterocycles. The quantitative estimate of drug-likeness (QED) is 0.733. The summed E-state index contributed by atoms with van der Waals surface area (Å²) in [5, 5.41) is 7.12. The number of furan rings is 1. The third kappa shape index (κ3) is 6.23. The topological polar surface area (TPSA) is 92.5 Å². The highest BCUT2D eigenvalue weighted by Crippen LogP contribution is 2.35. The number of rotatable bonds is 4. The van der Waals surface area contributed by atoms with Crippen molar-refractivity contribution in [1.82, 2.24) is 9.80 Å². The Morgan fingerprint density at radius 3 is 2.38 bits per heavy atom. The molecular weight excluding hydrogens is 433 g/mol. The van der Waals surface area contributed by atoms with E-state index in [0.29, 0.717) is 32.2 Å². The summed E-state index contributed by atoms with van der Waals surface area (Å²) in [5.74, 6) is -0.0992. The minimum Gasteiger partial charge on any atom is -0.475 e. The molecule has 1 aromatic rings. The Hall–Kier alpha value is -2.11. The molecule has 3 atom stereocenters. The van der Waals surface area contributed by atoms with Crippen LogP contribution in [-0.2, 0) is 32.0 Å². The molecule has 8 nitrogen and oxygen atoms in total. The fourth-order valence-electron chi connectivity index (χ4n) is 4.38. The van der Waals surface area contributed by atoms with Gasteiger partial charge in [0.15, 0.2) is 0 Å². The maximum atomic E-state index is 13.1. The molecule has 1 N–H and O–H groups in total. The van der Waals surface area contributed by atoms with E-state index in [0.717, 1.165) is 50.6 Å². The number of amides is 1. The van der Waals surface area contributed by atoms with Crippen molar-refractivity contribution in [3.8, 4) is 0 Å². The largest absolute Gasteiger partial charge is 0.490 e. The Bertz CT molecular complexity index is 778. The van der Waals surface area contributed by atoms with Gasteiger partial charge in [0.2, 0.25) is 5.91 Å². The molecule has 0 radical (unpaired) electrons. The van der Waals surface area contributed by atoms with Gasteiger partial charge >= 0.3 is 12.1 Å². The van der Waals surface area contributed by atoms with Crippen LogP contribution in [0.2, 0.25) is 0 Å². The maximum Gasteiger partial charge on any atom is 0.490 e. The Morgan fingerprint density at radius 2 is 1.78 bits per heavy atom. The lowest BCUT2D eigenvalue weighted by molar-refractivity contribution is -0.192. The van der Waals surface area contributed by atoms with Gasteiger partial charge in [-0.05, 0) is 18.6 Å². The molecule has 0 saturated carbocycles. The monoisotopic (exact) mass is 462 g/mol. The van der Waals surface area contributed by atoms with Gasteiger partial charge in [0.1, 0.15) is 11.5 Å². The van der Waals surface area contributed by atoms with Crippen LogP contribution in [0.4, 0.5) is 13.2 Å². The lowest BCUT2D eigenvalue weighted by atomic mass is 9.81. The molecule has 0 bridgehead atoms. The van der Waals surface area contributed by atoms with E-state index in [1.165, 1.54) is 0 Å². The fraction of sp³-hybridized carbons (Fsp3) is 0.714. The highest BCUT2D eigenvalue weighted by molar-refractivity contribution is 5.79. The fourth-order valence-corrected chi connectivity index (χ4v) is 4.38. The second-order valence-electron chi connectivity index (χ2n) is 8.12. The number of carbonyl (C=O) groups is 2. The number of aliphatic carboxylic acids is 1. The number of hydrogen-bond donors (Lipinski definition) is 1. The first-order valence-corrected chi connectivity index (χ1v) is 10.8. The first-order valence-electron chi connectivity index (χ1n) is 10.8. The van der Waals surface area contributed by atoms with E-state index in [4.69, 9.17) is 23.8 Å². The summed E-state index contributed by atoms with van der Waals surface area (Å²) in [6.07, 6.45) is -3.00. The van der Waals surface area contributed by atoms with Crippen LogP contribution in [0.3, 0.4) is 0 Å². The van der Waals surface area contributed by atoms with Crippen LogP contribution in [0.1, 0.15) is 24.9 Å². The first kappa shape index (κ1) is 24.5. The molecule has 0 aliphatic carbocycles. The van der Waals surface area contributed by atoms with Gasteiger partial charge in [0.25, 0.3) is 0 Å². The molecule has 1 amide bonds. The van der Waals surface area contributed by atoms with Gasteiger partial charge in [-0.1, -0.05) is 6.92 Å². The van der Waals surface area contributed by atoms with Crippen molar-refractivity contribution < 1.29 is 41.8 Å². The number of morpholine rings is 1. The van der Waals surface area contributed by atoms with E-state index in [1.807, 2.05) is 11.0 Å². The molecule has 4 rings (SSSR count). The molecule has 3 fully saturated rings. The van der Waals surface area contributed by atoms with Crippen LogP contribution in [0.15, 0.2) is 16.5 Å². The molecular formula is C21H29F3N2O6. The van der Waals surface area contributed by atoms with E-state index in [9.17, 15) is 18.0 Å². The van der Waals surface area contributed by atoms with Crippen molar-refractivity contribution in [2.45, 2.75) is 38.6 Å². The van der Waals surface area contributed by atoms with E-state index < -0.39 is 12.1 Å². The number of likely N-dealkylation sites (tertiary alicyclic amines) is 1. The van der Waals surface area contributed by atoms with Crippen LogP contribution in [0.5, 0.6) is 0 Å². The normalized spacial score (nSPS) is 26.2. The summed E-state index contributed by atoms with van der Waals surface area (Å²) in [6.45, 7) is 8.03. The lowest BCUT2D eigenvalue weighted by Gasteiger charge is -2.41. The van der Waals surface area contributed by atoms with Gasteiger partial charge in [-0.2, -0.15) is 13.2 Å². The predicted octanol–water partition coefficient (Wildman–Crippen LogP) is 2.17. The van der Waals surface area contributed by atoms with E-state index in [-0.39, 0.29) is 17.9 Å². The second kappa shape index (κ2) is 10.7. The molecule has 180 valence electrons. The van der Waals surface area contributed by atoms with Crippen LogP contribution in [0.25, 0.3) is 0 Å². The Morgan fingerprint density at radius 1 is 1.12 bits per heavy atom. The average molecular weight is 462 g/mol. The first-order chi connectivity index (χ1) is 15.2. The predicted molar refractivity (Wildman–Crippen MR) is 106 cm³/mol. The van der Waals surface area contributed by atoms with E-state index >= 15 is 0 Å². The molecule has 3 aliphatic heterocycles. The molecule has 0 unspecified atom stereocenters. The number of carboxylic acids is 1. The second-order valence-corrected chi connectivity index (χ2v) is 8.12. The van der Waals surface area contributed by atoms with Crippen LogP contribution in [-0.4, -0.2) is 85.1 Å². The smallest absolute Gasteiger partial charge is 0.475 e. The molecule has 0 aromatic carbocycles. The van der Waals surface area contributed by atoms with Crippen LogP contribution in [0, 0.1) is 11.8 Å². The van der Waals surface area contributed by atoms with Crippen molar-refractivity contribution in [2.75, 3.05) is 46.0 Å². The number of alkyl halides is 3. The number of ether oxygens (including phenoxy) is 2. The Balaban J connectivity index is 0.000000360. The zero-order chi connectivity index (χ0) is 23.3. The number of carboxylic acid groups (broad SMARTS) is 1. The van der Waals surface area contributed by atoms with Gasteiger partial charge in [0, 0.05) is 45.1 Å². The summed E-state index contributed by atoms with van der Waals surface area (Å²) < 4.78 is 48.9. The maximum absolute atomic E-state index is 13.1. The zero-order valence-corrected chi connectivity index (χ0v) is 18.0. The number of halogens is 3. The lowest BCUT2D eigenvalue weighted by Crippen LogP contribution is -2.54. The van der Waals surface area contributed by atoms with Gasteiger partial charge in [-0.25, -0.2) is 4.79 Å². The minimum atomic E-state index is -5.08. The third-order valence-electron chi connectivity index (χ3n) is 6.00. The number of carbonyl (C=O) groups excluding carboxylic acids is 1. The van der Waals surface area contributed by atoms with Gasteiger partial charge in [0.05, 0.1) is 31.8 Å². The van der Waals surface area contributed by atoms with Crippen molar-refractivity contribution in [2.24, 2.45) is 11.8 Å². The Kier molecular flexibility index (Phi) is 8.18. The minimum absolute atomic E-state index is 0.0277. The van der Waals surface area contributed by atoms with Crippen molar-refractivity contribution in [3.63, 3.8) is 0 Å². The molecule has 4 heterocycles. The highest BCUT2D eigenvalue weighted by atomic mass is 19.4. The van der Waals surface area contributed by atoms with Crippen molar-refractivity contribution >= 4 is 11.9 Å². The summed E-state index contributed by atoms with van der Waals surface area (Å²) >= 11 is 0. The van der Waals surface area contributed by atoms with Crippen LogP contribution < -0.4 is 0 Å². The summed E-state index contributed by atoms with van der Waals surface area (Å²) in [7, 11) is 0. The van der Waals surface area contributed by atoms with E-state index in [2.05, 4.69) is 17.9 Å². The Labute approximate surface area is 184 Å². The van der Waals surface area contributed by atoms with Crippen molar-refractivity contribution in [3.05, 3.63) is 23.7 Å². The summed E-state index contributed by atoms with van der Waals surface area (Å²) in [6, 6.07) is 4.10. The number of aryl methyl sites for hydroxylation is 1. The molecule has 0 spiro atoms. The summed E-state index contributed by atoms with van der Waals surface area (Å²) in [4.78, 5) is 26.3. The molecule has 32 heavy (non-hydrogen) atoms. The van der Waals surface area contributed by atoms with E-state index in [1.54, 1.807) is 0 Å². The standard InChI is InChI=1S/C19H28N2O4.C2HF3O2/c1-2-14-3-4-15(25-14)11-20-12-17(16-5-8-24-18(16)13-20)19(22)21-6-9-23-10-7-21;3-2(4,5)1(6)7/h3-4,16-18H,2,5-13H2,1H3;(H,6,7)/t16-,17+,18+;/m0./s1. The zero-order valence-electron chi connectivity index (χ0n) is 18.0.